The smallest absolute Gasteiger partial charge is 0.0702 e. The van der Waals surface area contributed by atoms with Crippen LogP contribution in [0.4, 0.5) is 0 Å². The van der Waals surface area contributed by atoms with Gasteiger partial charge in [0.1, 0.15) is 0 Å². The van der Waals surface area contributed by atoms with E-state index in [4.69, 9.17) is 4.74 Å². The van der Waals surface area contributed by atoms with Gasteiger partial charge in [-0.3, -0.25) is 4.90 Å². The summed E-state index contributed by atoms with van der Waals surface area (Å²) < 4.78 is 5.86. The van der Waals surface area contributed by atoms with Crippen molar-refractivity contribution in [3.05, 3.63) is 0 Å². The first-order valence-electron chi connectivity index (χ1n) is 7.65. The van der Waals surface area contributed by atoms with Gasteiger partial charge in [0, 0.05) is 25.7 Å². The molecule has 0 saturated carbocycles. The highest BCUT2D eigenvalue weighted by Crippen LogP contribution is 2.13. The number of hydrogen-bond donors (Lipinski definition) is 1. The lowest BCUT2D eigenvalue weighted by Gasteiger charge is -2.34. The van der Waals surface area contributed by atoms with Gasteiger partial charge in [-0.2, -0.15) is 0 Å². The van der Waals surface area contributed by atoms with E-state index < -0.39 is 0 Å². The fourth-order valence-electron chi connectivity index (χ4n) is 2.53. The Hall–Kier alpha value is -0.120. The molecule has 1 unspecified atom stereocenters. The summed E-state index contributed by atoms with van der Waals surface area (Å²) in [4.78, 5) is 2.56. The summed E-state index contributed by atoms with van der Waals surface area (Å²) in [7, 11) is 0. The largest absolute Gasteiger partial charge is 0.376 e. The van der Waals surface area contributed by atoms with Crippen LogP contribution in [-0.4, -0.2) is 49.8 Å². The summed E-state index contributed by atoms with van der Waals surface area (Å²) >= 11 is 0. The Labute approximate surface area is 113 Å². The van der Waals surface area contributed by atoms with Crippen molar-refractivity contribution in [1.29, 1.82) is 0 Å². The number of hydrogen-bond acceptors (Lipinski definition) is 3. The monoisotopic (exact) mass is 256 g/mol. The van der Waals surface area contributed by atoms with Crippen molar-refractivity contribution >= 4 is 0 Å². The van der Waals surface area contributed by atoms with Crippen LogP contribution in [0.25, 0.3) is 0 Å². The number of morpholine rings is 1. The van der Waals surface area contributed by atoms with Gasteiger partial charge in [-0.15, -0.1) is 0 Å². The molecule has 0 radical (unpaired) electrons. The highest BCUT2D eigenvalue weighted by atomic mass is 16.5. The third kappa shape index (κ3) is 7.34. The van der Waals surface area contributed by atoms with E-state index in [0.29, 0.717) is 12.1 Å². The minimum Gasteiger partial charge on any atom is -0.376 e. The van der Waals surface area contributed by atoms with Crippen molar-refractivity contribution in [2.75, 3.05) is 32.8 Å². The summed E-state index contributed by atoms with van der Waals surface area (Å²) in [6.07, 6.45) is 4.23. The number of ether oxygens (including phenoxy) is 1. The van der Waals surface area contributed by atoms with Gasteiger partial charge in [-0.25, -0.2) is 0 Å². The normalized spacial score (nSPS) is 22.0. The molecule has 0 amide bonds. The van der Waals surface area contributed by atoms with Crippen LogP contribution in [0.5, 0.6) is 0 Å². The van der Waals surface area contributed by atoms with Crippen LogP contribution in [0.2, 0.25) is 0 Å². The van der Waals surface area contributed by atoms with Gasteiger partial charge < -0.3 is 10.1 Å². The molecule has 0 aliphatic carbocycles. The number of nitrogens with one attached hydrogen (secondary N) is 1. The minimum absolute atomic E-state index is 0.469. The van der Waals surface area contributed by atoms with Crippen LogP contribution in [0.15, 0.2) is 0 Å². The van der Waals surface area contributed by atoms with Gasteiger partial charge in [0.2, 0.25) is 0 Å². The molecule has 1 aliphatic heterocycles. The quantitative estimate of drug-likeness (QED) is 0.675. The van der Waals surface area contributed by atoms with Crippen LogP contribution >= 0.6 is 0 Å². The molecule has 1 aliphatic rings. The lowest BCUT2D eigenvalue weighted by molar-refractivity contribution is -0.0359. The van der Waals surface area contributed by atoms with Crippen molar-refractivity contribution in [2.24, 2.45) is 5.92 Å². The van der Waals surface area contributed by atoms with Crippen molar-refractivity contribution < 1.29 is 4.74 Å². The average Bonchev–Trinajstić information content (AvgIpc) is 2.27. The van der Waals surface area contributed by atoms with E-state index in [1.54, 1.807) is 0 Å². The molecule has 0 aromatic heterocycles. The third-order valence-electron chi connectivity index (χ3n) is 3.35. The first-order valence-corrected chi connectivity index (χ1v) is 7.65. The van der Waals surface area contributed by atoms with Gasteiger partial charge in [0.05, 0.1) is 12.7 Å². The molecule has 1 saturated heterocycles. The van der Waals surface area contributed by atoms with E-state index in [2.05, 4.69) is 37.9 Å². The maximum absolute atomic E-state index is 5.86. The van der Waals surface area contributed by atoms with Crippen LogP contribution < -0.4 is 5.32 Å². The van der Waals surface area contributed by atoms with Gasteiger partial charge in [0.25, 0.3) is 0 Å². The Morgan fingerprint density at radius 1 is 1.22 bits per heavy atom. The Balaban J connectivity index is 2.07. The van der Waals surface area contributed by atoms with E-state index in [1.807, 2.05) is 0 Å². The molecule has 0 aromatic carbocycles. The van der Waals surface area contributed by atoms with Gasteiger partial charge in [-0.05, 0) is 31.7 Å². The van der Waals surface area contributed by atoms with Crippen molar-refractivity contribution in [3.63, 3.8) is 0 Å². The number of nitrogens with zero attached hydrogens (tertiary/aromatic N) is 1. The maximum atomic E-state index is 5.86. The van der Waals surface area contributed by atoms with Crippen molar-refractivity contribution in [1.82, 2.24) is 10.2 Å². The predicted molar refractivity (Wildman–Crippen MR) is 78.0 cm³/mol. The number of unbranched alkanes of at least 4 members (excludes halogenated alkanes) is 1. The molecular formula is C15H32N2O. The molecular weight excluding hydrogens is 224 g/mol. The first kappa shape index (κ1) is 15.9. The molecule has 1 fully saturated rings. The predicted octanol–water partition coefficient (Wildman–Crippen LogP) is 2.51. The highest BCUT2D eigenvalue weighted by Gasteiger charge is 2.20. The molecule has 3 heteroatoms. The van der Waals surface area contributed by atoms with E-state index in [9.17, 15) is 0 Å². The van der Waals surface area contributed by atoms with Crippen LogP contribution in [0.3, 0.4) is 0 Å². The fourth-order valence-corrected chi connectivity index (χ4v) is 2.53. The minimum atomic E-state index is 0.469. The van der Waals surface area contributed by atoms with E-state index in [0.717, 1.165) is 32.2 Å². The van der Waals surface area contributed by atoms with Crippen LogP contribution in [0, 0.1) is 5.92 Å². The average molecular weight is 256 g/mol. The third-order valence-corrected chi connectivity index (χ3v) is 3.35. The highest BCUT2D eigenvalue weighted by molar-refractivity contribution is 4.72. The van der Waals surface area contributed by atoms with Crippen molar-refractivity contribution in [3.8, 4) is 0 Å². The molecule has 18 heavy (non-hydrogen) atoms. The summed E-state index contributed by atoms with van der Waals surface area (Å²) in [5, 5.41) is 3.47. The lowest BCUT2D eigenvalue weighted by atomic mass is 10.1. The Morgan fingerprint density at radius 2 is 2.00 bits per heavy atom. The zero-order chi connectivity index (χ0) is 13.4. The van der Waals surface area contributed by atoms with Crippen molar-refractivity contribution in [2.45, 2.75) is 59.1 Å². The van der Waals surface area contributed by atoms with E-state index >= 15 is 0 Å². The number of rotatable bonds is 8. The molecule has 1 atom stereocenters. The second-order valence-corrected chi connectivity index (χ2v) is 6.25. The topological polar surface area (TPSA) is 24.5 Å². The SMILES string of the molecule is CC(C)CN1CCOC(CCCCNC(C)C)C1. The molecule has 108 valence electrons. The standard InChI is InChI=1S/C15H32N2O/c1-13(2)11-17-9-10-18-15(12-17)7-5-6-8-16-14(3)4/h13-16H,5-12H2,1-4H3. The fraction of sp³-hybridized carbons (Fsp3) is 1.00. The molecule has 0 bridgehead atoms. The molecule has 1 N–H and O–H groups in total. The Morgan fingerprint density at radius 3 is 2.67 bits per heavy atom. The van der Waals surface area contributed by atoms with Gasteiger partial charge in [-0.1, -0.05) is 27.7 Å². The zero-order valence-electron chi connectivity index (χ0n) is 12.7. The molecule has 0 spiro atoms. The maximum Gasteiger partial charge on any atom is 0.0702 e. The molecule has 0 aromatic rings. The summed E-state index contributed by atoms with van der Waals surface area (Å²) in [5.41, 5.74) is 0. The molecule has 1 rings (SSSR count). The molecule has 1 heterocycles. The van der Waals surface area contributed by atoms with E-state index in [-0.39, 0.29) is 0 Å². The first-order chi connectivity index (χ1) is 8.58. The Kier molecular flexibility index (Phi) is 7.87. The van der Waals surface area contributed by atoms with Gasteiger partial charge in [0.15, 0.2) is 0 Å². The van der Waals surface area contributed by atoms with Gasteiger partial charge >= 0.3 is 0 Å². The zero-order valence-corrected chi connectivity index (χ0v) is 12.7. The lowest BCUT2D eigenvalue weighted by Crippen LogP contribution is -2.43. The second-order valence-electron chi connectivity index (χ2n) is 6.25. The van der Waals surface area contributed by atoms with E-state index in [1.165, 1.54) is 25.8 Å². The second kappa shape index (κ2) is 8.89. The summed E-state index contributed by atoms with van der Waals surface area (Å²) in [5.74, 6) is 0.763. The summed E-state index contributed by atoms with van der Waals surface area (Å²) in [6, 6.07) is 0.609. The summed E-state index contributed by atoms with van der Waals surface area (Å²) in [6.45, 7) is 14.5. The molecule has 3 nitrogen and oxygen atoms in total. The van der Waals surface area contributed by atoms with Crippen LogP contribution in [-0.2, 0) is 4.74 Å². The van der Waals surface area contributed by atoms with Crippen LogP contribution in [0.1, 0.15) is 47.0 Å². The Bertz CT molecular complexity index is 207.